The first-order chi connectivity index (χ1) is 12.6. The zero-order valence-corrected chi connectivity index (χ0v) is 16.0. The van der Waals surface area contributed by atoms with Crippen LogP contribution in [0.5, 0.6) is 5.75 Å². The van der Waals surface area contributed by atoms with Crippen LogP contribution < -0.4 is 10.1 Å². The van der Waals surface area contributed by atoms with Crippen LogP contribution in [-0.4, -0.2) is 48.3 Å². The second-order valence-corrected chi connectivity index (χ2v) is 7.74. The summed E-state index contributed by atoms with van der Waals surface area (Å²) in [6.07, 6.45) is 5.83. The summed E-state index contributed by atoms with van der Waals surface area (Å²) in [6.45, 7) is 3.92. The zero-order chi connectivity index (χ0) is 18.6. The predicted molar refractivity (Wildman–Crippen MR) is 102 cm³/mol. The van der Waals surface area contributed by atoms with Crippen molar-refractivity contribution in [3.63, 3.8) is 0 Å². The molecule has 3 atom stereocenters. The molecule has 2 fully saturated rings. The molecule has 1 aromatic rings. The fourth-order valence-corrected chi connectivity index (χ4v) is 4.67. The Balaban J connectivity index is 1.85. The topological polar surface area (TPSA) is 61.8 Å². The normalized spacial score (nSPS) is 29.0. The number of carbonyl (C=O) groups excluding carboxylic acids is 1. The molecule has 5 heteroatoms. The molecule has 3 rings (SSSR count). The number of likely N-dealkylation sites (tertiary alicyclic amines) is 1. The largest absolute Gasteiger partial charge is 0.497 e. The molecule has 1 aromatic carbocycles. The Morgan fingerprint density at radius 1 is 1.31 bits per heavy atom. The lowest BCUT2D eigenvalue weighted by Crippen LogP contribution is -2.56. The van der Waals surface area contributed by atoms with E-state index in [-0.39, 0.29) is 17.9 Å². The summed E-state index contributed by atoms with van der Waals surface area (Å²) in [5.41, 5.74) is 0.568. The molecule has 0 radical (unpaired) electrons. The van der Waals surface area contributed by atoms with Gasteiger partial charge in [0.05, 0.1) is 19.3 Å². The standard InChI is InChI=1S/C21H32N2O3/c1-3-13-22-19(24)15-23-14-12-21(25)11-5-4-6-18(21)20(23)16-7-9-17(26-2)10-8-16/h7-10,18,20,25H,3-6,11-15H2,1-2H3,(H,22,24)/t18-,20-,21-/m1/s1. The van der Waals surface area contributed by atoms with Crippen LogP contribution in [0.1, 0.15) is 57.1 Å². The maximum Gasteiger partial charge on any atom is 0.234 e. The van der Waals surface area contributed by atoms with Gasteiger partial charge in [-0.3, -0.25) is 9.69 Å². The van der Waals surface area contributed by atoms with E-state index >= 15 is 0 Å². The highest BCUT2D eigenvalue weighted by Gasteiger charge is 2.49. The summed E-state index contributed by atoms with van der Waals surface area (Å²) < 4.78 is 5.29. The maximum absolute atomic E-state index is 12.4. The molecule has 1 aliphatic carbocycles. The molecule has 26 heavy (non-hydrogen) atoms. The molecule has 1 heterocycles. The Hall–Kier alpha value is -1.59. The van der Waals surface area contributed by atoms with Crippen molar-refractivity contribution < 1.29 is 14.6 Å². The molecule has 1 aliphatic heterocycles. The number of nitrogens with zero attached hydrogens (tertiary/aromatic N) is 1. The van der Waals surface area contributed by atoms with E-state index in [0.29, 0.717) is 13.1 Å². The molecule has 0 spiro atoms. The lowest BCUT2D eigenvalue weighted by Gasteiger charge is -2.52. The van der Waals surface area contributed by atoms with Gasteiger partial charge in [-0.05, 0) is 43.4 Å². The molecule has 2 aliphatic rings. The van der Waals surface area contributed by atoms with E-state index in [0.717, 1.165) is 50.8 Å². The monoisotopic (exact) mass is 360 g/mol. The molecule has 1 saturated carbocycles. The smallest absolute Gasteiger partial charge is 0.234 e. The van der Waals surface area contributed by atoms with Gasteiger partial charge in [-0.15, -0.1) is 0 Å². The zero-order valence-electron chi connectivity index (χ0n) is 16.0. The van der Waals surface area contributed by atoms with Crippen molar-refractivity contribution in [1.29, 1.82) is 0 Å². The van der Waals surface area contributed by atoms with Crippen LogP contribution in [0.4, 0.5) is 0 Å². The average molecular weight is 360 g/mol. The van der Waals surface area contributed by atoms with Gasteiger partial charge in [0.1, 0.15) is 5.75 Å². The van der Waals surface area contributed by atoms with Crippen molar-refractivity contribution in [1.82, 2.24) is 10.2 Å². The SMILES string of the molecule is CCCNC(=O)CN1CC[C@]2(O)CCCC[C@@H]2[C@H]1c1ccc(OC)cc1. The first-order valence-electron chi connectivity index (χ1n) is 9.94. The molecule has 5 nitrogen and oxygen atoms in total. The van der Waals surface area contributed by atoms with E-state index in [4.69, 9.17) is 4.74 Å². The van der Waals surface area contributed by atoms with Gasteiger partial charge in [0.25, 0.3) is 0 Å². The van der Waals surface area contributed by atoms with Gasteiger partial charge in [-0.2, -0.15) is 0 Å². The first kappa shape index (κ1) is 19.2. The molecule has 1 saturated heterocycles. The van der Waals surface area contributed by atoms with E-state index in [1.165, 1.54) is 5.56 Å². The number of hydrogen-bond donors (Lipinski definition) is 2. The molecular formula is C21H32N2O3. The lowest BCUT2D eigenvalue weighted by molar-refractivity contribution is -0.137. The Morgan fingerprint density at radius 3 is 2.77 bits per heavy atom. The summed E-state index contributed by atoms with van der Waals surface area (Å²) in [5.74, 6) is 1.08. The highest BCUT2D eigenvalue weighted by molar-refractivity contribution is 5.78. The number of rotatable bonds is 6. The van der Waals surface area contributed by atoms with Crippen LogP contribution in [0.3, 0.4) is 0 Å². The second kappa shape index (κ2) is 8.40. The molecule has 2 N–H and O–H groups in total. The maximum atomic E-state index is 12.4. The summed E-state index contributed by atoms with van der Waals surface area (Å²) in [4.78, 5) is 14.6. The second-order valence-electron chi connectivity index (χ2n) is 7.74. The third-order valence-electron chi connectivity index (χ3n) is 6.05. The molecule has 144 valence electrons. The first-order valence-corrected chi connectivity index (χ1v) is 9.94. The number of hydrogen-bond acceptors (Lipinski definition) is 4. The third-order valence-corrected chi connectivity index (χ3v) is 6.05. The molecular weight excluding hydrogens is 328 g/mol. The van der Waals surface area contributed by atoms with E-state index in [9.17, 15) is 9.90 Å². The van der Waals surface area contributed by atoms with Crippen molar-refractivity contribution in [2.45, 2.75) is 57.1 Å². The number of aliphatic hydroxyl groups is 1. The predicted octanol–water partition coefficient (Wildman–Crippen LogP) is 2.89. The number of methoxy groups -OCH3 is 1. The summed E-state index contributed by atoms with van der Waals surface area (Å²) in [5, 5.41) is 14.3. The minimum Gasteiger partial charge on any atom is -0.497 e. The van der Waals surface area contributed by atoms with Crippen molar-refractivity contribution in [3.8, 4) is 5.75 Å². The van der Waals surface area contributed by atoms with Crippen molar-refractivity contribution in [2.24, 2.45) is 5.92 Å². The van der Waals surface area contributed by atoms with Crippen molar-refractivity contribution in [2.75, 3.05) is 26.7 Å². The summed E-state index contributed by atoms with van der Waals surface area (Å²) in [6, 6.07) is 8.19. The number of ether oxygens (including phenoxy) is 1. The van der Waals surface area contributed by atoms with Gasteiger partial charge in [-0.25, -0.2) is 0 Å². The van der Waals surface area contributed by atoms with Crippen molar-refractivity contribution >= 4 is 5.91 Å². The van der Waals surface area contributed by atoms with Gasteiger partial charge in [0.15, 0.2) is 0 Å². The fraction of sp³-hybridized carbons (Fsp3) is 0.667. The molecule has 1 amide bonds. The lowest BCUT2D eigenvalue weighted by atomic mass is 9.66. The van der Waals surface area contributed by atoms with Crippen LogP contribution in [0, 0.1) is 5.92 Å². The number of benzene rings is 1. The van der Waals surface area contributed by atoms with Gasteiger partial charge >= 0.3 is 0 Å². The Labute approximate surface area is 156 Å². The Morgan fingerprint density at radius 2 is 2.08 bits per heavy atom. The number of piperidine rings is 1. The molecule has 0 unspecified atom stereocenters. The average Bonchev–Trinajstić information content (AvgIpc) is 2.66. The number of amides is 1. The number of fused-ring (bicyclic) bond motifs is 1. The highest BCUT2D eigenvalue weighted by atomic mass is 16.5. The number of carbonyl (C=O) groups is 1. The van der Waals surface area contributed by atoms with Crippen LogP contribution in [-0.2, 0) is 4.79 Å². The van der Waals surface area contributed by atoms with E-state index in [2.05, 4.69) is 29.3 Å². The van der Waals surface area contributed by atoms with Crippen LogP contribution in [0.2, 0.25) is 0 Å². The quantitative estimate of drug-likeness (QED) is 0.819. The van der Waals surface area contributed by atoms with Crippen molar-refractivity contribution in [3.05, 3.63) is 29.8 Å². The molecule has 0 bridgehead atoms. The number of nitrogens with one attached hydrogen (secondary N) is 1. The summed E-state index contributed by atoms with van der Waals surface area (Å²) >= 11 is 0. The minimum absolute atomic E-state index is 0.0756. The Kier molecular flexibility index (Phi) is 6.20. The summed E-state index contributed by atoms with van der Waals surface area (Å²) in [7, 11) is 1.67. The minimum atomic E-state index is -0.598. The van der Waals surface area contributed by atoms with Crippen LogP contribution >= 0.6 is 0 Å². The third kappa shape index (κ3) is 4.04. The fourth-order valence-electron chi connectivity index (χ4n) is 4.67. The van der Waals surface area contributed by atoms with E-state index in [1.54, 1.807) is 7.11 Å². The van der Waals surface area contributed by atoms with Gasteiger partial charge in [0, 0.05) is 25.0 Å². The highest BCUT2D eigenvalue weighted by Crippen LogP contribution is 2.49. The van der Waals surface area contributed by atoms with E-state index in [1.807, 2.05) is 12.1 Å². The van der Waals surface area contributed by atoms with Crippen LogP contribution in [0.15, 0.2) is 24.3 Å². The van der Waals surface area contributed by atoms with Gasteiger partial charge in [-0.1, -0.05) is 31.9 Å². The van der Waals surface area contributed by atoms with E-state index < -0.39 is 5.60 Å². The molecule has 0 aromatic heterocycles. The van der Waals surface area contributed by atoms with Crippen LogP contribution in [0.25, 0.3) is 0 Å². The van der Waals surface area contributed by atoms with Gasteiger partial charge in [0.2, 0.25) is 5.91 Å². The van der Waals surface area contributed by atoms with Gasteiger partial charge < -0.3 is 15.2 Å². The Bertz CT molecular complexity index is 604.